The Morgan fingerprint density at radius 2 is 2.18 bits per heavy atom. The van der Waals surface area contributed by atoms with Crippen molar-refractivity contribution in [3.05, 3.63) is 34.6 Å². The van der Waals surface area contributed by atoms with Gasteiger partial charge < -0.3 is 15.3 Å². The molecule has 2 atom stereocenters. The lowest BCUT2D eigenvalue weighted by Crippen LogP contribution is -2.49. The number of amides is 2. The molecule has 2 N–H and O–H groups in total. The molecule has 1 aromatic rings. The quantitative estimate of drug-likeness (QED) is 0.896. The van der Waals surface area contributed by atoms with Gasteiger partial charge in [0.05, 0.1) is 10.9 Å². The van der Waals surface area contributed by atoms with E-state index in [2.05, 4.69) is 5.32 Å². The molecule has 1 aliphatic heterocycles. The summed E-state index contributed by atoms with van der Waals surface area (Å²) in [6.45, 7) is 2.87. The van der Waals surface area contributed by atoms with E-state index in [9.17, 15) is 14.0 Å². The minimum atomic E-state index is -0.880. The first-order valence-corrected chi connectivity index (χ1v) is 7.44. The van der Waals surface area contributed by atoms with Crippen molar-refractivity contribution in [2.75, 3.05) is 13.1 Å². The highest BCUT2D eigenvalue weighted by atomic mass is 35.5. The third-order valence-corrected chi connectivity index (χ3v) is 4.01. The Morgan fingerprint density at radius 3 is 2.82 bits per heavy atom. The average molecular weight is 329 g/mol. The number of benzene rings is 1. The Labute approximate surface area is 133 Å². The zero-order valence-electron chi connectivity index (χ0n) is 12.2. The molecule has 1 heterocycles. The number of aliphatic carboxylic acids is 1. The Bertz CT molecular complexity index is 582. The predicted molar refractivity (Wildman–Crippen MR) is 80.1 cm³/mol. The van der Waals surface area contributed by atoms with Gasteiger partial charge in [0, 0.05) is 19.6 Å². The Hall–Kier alpha value is -1.82. The first kappa shape index (κ1) is 16.5. The first-order chi connectivity index (χ1) is 10.4. The van der Waals surface area contributed by atoms with E-state index in [1.54, 1.807) is 6.07 Å². The molecule has 0 aromatic heterocycles. The van der Waals surface area contributed by atoms with Crippen LogP contribution in [-0.2, 0) is 11.3 Å². The summed E-state index contributed by atoms with van der Waals surface area (Å²) in [5.41, 5.74) is 0.680. The number of nitrogens with one attached hydrogen (secondary N) is 1. The van der Waals surface area contributed by atoms with Crippen LogP contribution in [0.3, 0.4) is 0 Å². The number of likely N-dealkylation sites (tertiary alicyclic amines) is 1. The second-order valence-electron chi connectivity index (χ2n) is 5.69. The molecule has 2 unspecified atom stereocenters. The molecule has 22 heavy (non-hydrogen) atoms. The van der Waals surface area contributed by atoms with Crippen LogP contribution < -0.4 is 5.32 Å². The van der Waals surface area contributed by atoms with Gasteiger partial charge in [-0.05, 0) is 30.0 Å². The van der Waals surface area contributed by atoms with E-state index in [0.717, 1.165) is 0 Å². The number of hydrogen-bond donors (Lipinski definition) is 2. The van der Waals surface area contributed by atoms with Gasteiger partial charge in [-0.2, -0.15) is 0 Å². The van der Waals surface area contributed by atoms with Crippen LogP contribution >= 0.6 is 11.6 Å². The molecular weight excluding hydrogens is 311 g/mol. The van der Waals surface area contributed by atoms with E-state index in [4.69, 9.17) is 16.7 Å². The summed E-state index contributed by atoms with van der Waals surface area (Å²) in [6.07, 6.45) is 0.576. The maximum absolute atomic E-state index is 13.1. The lowest BCUT2D eigenvalue weighted by Gasteiger charge is -2.34. The maximum atomic E-state index is 13.1. The first-order valence-electron chi connectivity index (χ1n) is 7.06. The van der Waals surface area contributed by atoms with Crippen LogP contribution in [0.4, 0.5) is 9.18 Å². The van der Waals surface area contributed by atoms with Crippen molar-refractivity contribution >= 4 is 23.6 Å². The van der Waals surface area contributed by atoms with Crippen molar-refractivity contribution in [2.24, 2.45) is 11.8 Å². The van der Waals surface area contributed by atoms with Gasteiger partial charge in [-0.25, -0.2) is 9.18 Å². The molecule has 0 radical (unpaired) electrons. The van der Waals surface area contributed by atoms with Gasteiger partial charge in [-0.1, -0.05) is 24.6 Å². The summed E-state index contributed by atoms with van der Waals surface area (Å²) in [4.78, 5) is 24.8. The number of carboxylic acids is 1. The topological polar surface area (TPSA) is 69.6 Å². The number of carboxylic acid groups (broad SMARTS) is 1. The minimum Gasteiger partial charge on any atom is -0.481 e. The number of urea groups is 1. The highest BCUT2D eigenvalue weighted by Gasteiger charge is 2.31. The van der Waals surface area contributed by atoms with Crippen LogP contribution in [0.5, 0.6) is 0 Å². The average Bonchev–Trinajstić information content (AvgIpc) is 2.47. The molecule has 1 saturated heterocycles. The van der Waals surface area contributed by atoms with Crippen molar-refractivity contribution < 1.29 is 19.1 Å². The number of rotatable bonds is 3. The van der Waals surface area contributed by atoms with Crippen LogP contribution in [-0.4, -0.2) is 35.1 Å². The van der Waals surface area contributed by atoms with Gasteiger partial charge in [0.25, 0.3) is 0 Å². The van der Waals surface area contributed by atoms with Gasteiger partial charge >= 0.3 is 12.0 Å². The fourth-order valence-electron chi connectivity index (χ4n) is 2.64. The monoisotopic (exact) mass is 328 g/mol. The lowest BCUT2D eigenvalue weighted by atomic mass is 9.91. The summed E-state index contributed by atoms with van der Waals surface area (Å²) >= 11 is 5.69. The summed E-state index contributed by atoms with van der Waals surface area (Å²) in [5, 5.41) is 11.8. The maximum Gasteiger partial charge on any atom is 0.317 e. The molecule has 0 saturated carbocycles. The van der Waals surface area contributed by atoms with E-state index >= 15 is 0 Å². The number of piperidine rings is 1. The number of nitrogens with zero attached hydrogens (tertiary/aromatic N) is 1. The van der Waals surface area contributed by atoms with Gasteiger partial charge in [0.15, 0.2) is 0 Å². The molecule has 1 aliphatic rings. The molecule has 0 aliphatic carbocycles. The minimum absolute atomic E-state index is 0.00397. The number of halogens is 2. The van der Waals surface area contributed by atoms with Crippen LogP contribution in [0, 0.1) is 17.7 Å². The summed E-state index contributed by atoms with van der Waals surface area (Å²) < 4.78 is 13.1. The predicted octanol–water partition coefficient (Wildman–Crippen LogP) is 2.73. The van der Waals surface area contributed by atoms with Crippen molar-refractivity contribution in [1.82, 2.24) is 10.2 Å². The highest BCUT2D eigenvalue weighted by Crippen LogP contribution is 2.22. The smallest absolute Gasteiger partial charge is 0.317 e. The molecule has 7 heteroatoms. The Balaban J connectivity index is 1.93. The molecule has 2 amide bonds. The number of carbonyl (C=O) groups is 2. The van der Waals surface area contributed by atoms with Crippen molar-refractivity contribution in [2.45, 2.75) is 19.9 Å². The molecule has 0 bridgehead atoms. The lowest BCUT2D eigenvalue weighted by molar-refractivity contribution is -0.143. The molecule has 5 nitrogen and oxygen atoms in total. The van der Waals surface area contributed by atoms with Gasteiger partial charge in [0.1, 0.15) is 5.82 Å². The number of hydrogen-bond acceptors (Lipinski definition) is 2. The SMILES string of the molecule is CC1CC(C(=O)O)CN(C(=O)NCc2ccc(F)c(Cl)c2)C1. The van der Waals surface area contributed by atoms with Crippen LogP contribution in [0.2, 0.25) is 5.02 Å². The standard InChI is InChI=1S/C15H18ClFN2O3/c1-9-4-11(14(20)21)8-19(7-9)15(22)18-6-10-2-3-13(17)12(16)5-10/h2-3,5,9,11H,4,6-8H2,1H3,(H,18,22)(H,20,21). The summed E-state index contributed by atoms with van der Waals surface area (Å²) in [5.74, 6) is -1.78. The normalized spacial score (nSPS) is 21.5. The van der Waals surface area contributed by atoms with E-state index in [0.29, 0.717) is 18.5 Å². The molecular formula is C15H18ClFN2O3. The van der Waals surface area contributed by atoms with Gasteiger partial charge in [0.2, 0.25) is 0 Å². The second kappa shape index (κ2) is 6.96. The van der Waals surface area contributed by atoms with Crippen molar-refractivity contribution in [1.29, 1.82) is 0 Å². The molecule has 0 spiro atoms. The van der Waals surface area contributed by atoms with Crippen LogP contribution in [0.15, 0.2) is 18.2 Å². The Morgan fingerprint density at radius 1 is 1.45 bits per heavy atom. The van der Waals surface area contributed by atoms with Crippen molar-refractivity contribution in [3.8, 4) is 0 Å². The van der Waals surface area contributed by atoms with Crippen molar-refractivity contribution in [3.63, 3.8) is 0 Å². The fourth-order valence-corrected chi connectivity index (χ4v) is 2.84. The fraction of sp³-hybridized carbons (Fsp3) is 0.467. The third-order valence-electron chi connectivity index (χ3n) is 3.72. The second-order valence-corrected chi connectivity index (χ2v) is 6.10. The van der Waals surface area contributed by atoms with E-state index in [1.807, 2.05) is 6.92 Å². The molecule has 1 aromatic carbocycles. The number of carbonyl (C=O) groups excluding carboxylic acids is 1. The van der Waals surface area contributed by atoms with Crippen LogP contribution in [0.1, 0.15) is 18.9 Å². The summed E-state index contributed by atoms with van der Waals surface area (Å²) in [6, 6.07) is 3.92. The van der Waals surface area contributed by atoms with Gasteiger partial charge in [-0.15, -0.1) is 0 Å². The molecule has 2 rings (SSSR count). The van der Waals surface area contributed by atoms with Crippen LogP contribution in [0.25, 0.3) is 0 Å². The van der Waals surface area contributed by atoms with Gasteiger partial charge in [-0.3, -0.25) is 4.79 Å². The van der Waals surface area contributed by atoms with E-state index in [1.165, 1.54) is 17.0 Å². The highest BCUT2D eigenvalue weighted by molar-refractivity contribution is 6.30. The Kier molecular flexibility index (Phi) is 5.24. The molecule has 120 valence electrons. The van der Waals surface area contributed by atoms with E-state index in [-0.39, 0.29) is 30.1 Å². The van der Waals surface area contributed by atoms with E-state index < -0.39 is 17.7 Å². The zero-order chi connectivity index (χ0) is 16.3. The summed E-state index contributed by atoms with van der Waals surface area (Å²) in [7, 11) is 0. The zero-order valence-corrected chi connectivity index (χ0v) is 12.9. The largest absolute Gasteiger partial charge is 0.481 e. The molecule has 1 fully saturated rings. The third kappa shape index (κ3) is 4.10.